The first-order valence-electron chi connectivity index (χ1n) is 8.00. The van der Waals surface area contributed by atoms with Gasteiger partial charge in [-0.25, -0.2) is 4.98 Å². The van der Waals surface area contributed by atoms with Crippen LogP contribution in [0.4, 0.5) is 5.13 Å². The lowest BCUT2D eigenvalue weighted by Gasteiger charge is -2.03. The van der Waals surface area contributed by atoms with E-state index in [0.717, 1.165) is 42.5 Å². The van der Waals surface area contributed by atoms with E-state index in [9.17, 15) is 4.79 Å². The molecule has 1 aliphatic heterocycles. The van der Waals surface area contributed by atoms with Crippen molar-refractivity contribution in [2.45, 2.75) is 19.3 Å². The zero-order valence-corrected chi connectivity index (χ0v) is 14.8. The number of ether oxygens (including phenoxy) is 1. The van der Waals surface area contributed by atoms with Crippen molar-refractivity contribution < 1.29 is 9.53 Å². The summed E-state index contributed by atoms with van der Waals surface area (Å²) >= 11 is 1.46. The van der Waals surface area contributed by atoms with Gasteiger partial charge in [0.2, 0.25) is 5.91 Å². The molecule has 24 heavy (non-hydrogen) atoms. The van der Waals surface area contributed by atoms with Crippen molar-refractivity contribution >= 4 is 34.8 Å². The summed E-state index contributed by atoms with van der Waals surface area (Å²) in [6.07, 6.45) is 3.52. The Morgan fingerprint density at radius 1 is 1.38 bits per heavy atom. The zero-order valence-electron chi connectivity index (χ0n) is 13.2. The number of benzene rings is 1. The van der Waals surface area contributed by atoms with E-state index >= 15 is 0 Å². The van der Waals surface area contributed by atoms with E-state index in [0.29, 0.717) is 11.7 Å². The maximum atomic E-state index is 11.9. The molecule has 2 N–H and O–H groups in total. The number of hydrogen-bond acceptors (Lipinski definition) is 5. The van der Waals surface area contributed by atoms with Crippen LogP contribution in [-0.4, -0.2) is 30.6 Å². The number of fused-ring (bicyclic) bond motifs is 1. The van der Waals surface area contributed by atoms with Crippen molar-refractivity contribution in [2.24, 2.45) is 5.92 Å². The van der Waals surface area contributed by atoms with E-state index in [2.05, 4.69) is 21.7 Å². The Kier molecular flexibility index (Phi) is 5.38. The van der Waals surface area contributed by atoms with Gasteiger partial charge in [-0.1, -0.05) is 0 Å². The maximum absolute atomic E-state index is 11.9. The van der Waals surface area contributed by atoms with Gasteiger partial charge in [-0.3, -0.25) is 4.79 Å². The normalized spacial score (nSPS) is 15.3. The van der Waals surface area contributed by atoms with Crippen molar-refractivity contribution in [3.8, 4) is 17.0 Å². The third-order valence-corrected chi connectivity index (χ3v) is 4.91. The van der Waals surface area contributed by atoms with Gasteiger partial charge in [0.15, 0.2) is 5.13 Å². The van der Waals surface area contributed by atoms with Crippen LogP contribution in [0.25, 0.3) is 11.3 Å². The predicted octanol–water partition coefficient (Wildman–Crippen LogP) is 3.10. The van der Waals surface area contributed by atoms with Crippen LogP contribution >= 0.6 is 23.7 Å². The number of hydrogen-bond donors (Lipinski definition) is 2. The summed E-state index contributed by atoms with van der Waals surface area (Å²) in [6.45, 7) is 2.04. The molecule has 0 spiro atoms. The SMILES string of the molecule is Cl.O=C(CNCC1CC1)Nc1nc(-c2ccc3c(c2)CCO3)cs1. The van der Waals surface area contributed by atoms with Crippen LogP contribution in [0.5, 0.6) is 5.75 Å². The third kappa shape index (κ3) is 4.06. The second-order valence-electron chi connectivity index (χ2n) is 6.08. The number of halogens is 1. The molecule has 2 aromatic rings. The monoisotopic (exact) mass is 365 g/mol. The molecular weight excluding hydrogens is 346 g/mol. The summed E-state index contributed by atoms with van der Waals surface area (Å²) in [5.41, 5.74) is 3.19. The van der Waals surface area contributed by atoms with Crippen molar-refractivity contribution in [3.05, 3.63) is 29.1 Å². The lowest BCUT2D eigenvalue weighted by Crippen LogP contribution is -2.29. The second kappa shape index (κ2) is 7.51. The molecule has 7 heteroatoms. The van der Waals surface area contributed by atoms with Gasteiger partial charge in [-0.15, -0.1) is 23.7 Å². The number of nitrogens with zero attached hydrogens (tertiary/aromatic N) is 1. The Labute approximate surface area is 151 Å². The first kappa shape index (κ1) is 17.2. The van der Waals surface area contributed by atoms with Crippen molar-refractivity contribution in [1.82, 2.24) is 10.3 Å². The Bertz CT molecular complexity index is 730. The number of anilines is 1. The van der Waals surface area contributed by atoms with Crippen LogP contribution in [0.1, 0.15) is 18.4 Å². The highest BCUT2D eigenvalue weighted by molar-refractivity contribution is 7.14. The van der Waals surface area contributed by atoms with Gasteiger partial charge in [-0.2, -0.15) is 0 Å². The molecule has 0 radical (unpaired) electrons. The topological polar surface area (TPSA) is 63.2 Å². The van der Waals surface area contributed by atoms with E-state index in [-0.39, 0.29) is 18.3 Å². The fourth-order valence-corrected chi connectivity index (χ4v) is 3.42. The van der Waals surface area contributed by atoms with Crippen LogP contribution < -0.4 is 15.4 Å². The fraction of sp³-hybridized carbons (Fsp3) is 0.412. The number of amides is 1. The first-order valence-corrected chi connectivity index (χ1v) is 8.88. The number of aromatic nitrogens is 1. The van der Waals surface area contributed by atoms with Crippen molar-refractivity contribution in [2.75, 3.05) is 25.0 Å². The molecule has 1 fully saturated rings. The predicted molar refractivity (Wildman–Crippen MR) is 98.2 cm³/mol. The lowest BCUT2D eigenvalue weighted by molar-refractivity contribution is -0.115. The van der Waals surface area contributed by atoms with E-state index in [1.54, 1.807) is 0 Å². The summed E-state index contributed by atoms with van der Waals surface area (Å²) in [6, 6.07) is 6.14. The smallest absolute Gasteiger partial charge is 0.240 e. The van der Waals surface area contributed by atoms with Gasteiger partial charge in [0, 0.05) is 17.4 Å². The number of carbonyl (C=O) groups excluding carboxylic acids is 1. The molecule has 1 aromatic heterocycles. The van der Waals surface area contributed by atoms with Crippen molar-refractivity contribution in [1.29, 1.82) is 0 Å². The molecule has 1 saturated carbocycles. The second-order valence-corrected chi connectivity index (χ2v) is 6.94. The van der Waals surface area contributed by atoms with Gasteiger partial charge >= 0.3 is 0 Å². The number of rotatable bonds is 6. The van der Waals surface area contributed by atoms with Gasteiger partial charge in [0.25, 0.3) is 0 Å². The Morgan fingerprint density at radius 2 is 2.25 bits per heavy atom. The zero-order chi connectivity index (χ0) is 15.6. The minimum absolute atomic E-state index is 0. The van der Waals surface area contributed by atoms with Gasteiger partial charge in [-0.05, 0) is 49.1 Å². The molecule has 1 aliphatic carbocycles. The molecule has 0 bridgehead atoms. The fourth-order valence-electron chi connectivity index (χ4n) is 2.68. The highest BCUT2D eigenvalue weighted by Crippen LogP contribution is 2.32. The molecule has 1 aromatic carbocycles. The highest BCUT2D eigenvalue weighted by Gasteiger charge is 2.20. The average molecular weight is 366 g/mol. The quantitative estimate of drug-likeness (QED) is 0.825. The van der Waals surface area contributed by atoms with Crippen molar-refractivity contribution in [3.63, 3.8) is 0 Å². The number of carbonyl (C=O) groups is 1. The summed E-state index contributed by atoms with van der Waals surface area (Å²) in [4.78, 5) is 16.4. The molecule has 0 unspecified atom stereocenters. The minimum Gasteiger partial charge on any atom is -0.493 e. The molecule has 2 aliphatic rings. The Balaban J connectivity index is 0.00000169. The van der Waals surface area contributed by atoms with Crippen LogP contribution in [0.15, 0.2) is 23.6 Å². The van der Waals surface area contributed by atoms with Gasteiger partial charge in [0.1, 0.15) is 5.75 Å². The Hall–Kier alpha value is -1.63. The summed E-state index contributed by atoms with van der Waals surface area (Å²) in [7, 11) is 0. The highest BCUT2D eigenvalue weighted by atomic mass is 35.5. The molecule has 5 nitrogen and oxygen atoms in total. The number of thiazole rings is 1. The summed E-state index contributed by atoms with van der Waals surface area (Å²) < 4.78 is 5.52. The van der Waals surface area contributed by atoms with Gasteiger partial charge < -0.3 is 15.4 Å². The van der Waals surface area contributed by atoms with Crippen LogP contribution in [0.2, 0.25) is 0 Å². The minimum atomic E-state index is -0.0334. The average Bonchev–Trinajstić information content (AvgIpc) is 3.07. The lowest BCUT2D eigenvalue weighted by atomic mass is 10.1. The summed E-state index contributed by atoms with van der Waals surface area (Å²) in [5, 5.41) is 8.67. The third-order valence-electron chi connectivity index (χ3n) is 4.15. The molecular formula is C17H20ClN3O2S. The Morgan fingerprint density at radius 3 is 3.08 bits per heavy atom. The molecule has 0 saturated heterocycles. The summed E-state index contributed by atoms with van der Waals surface area (Å²) in [5.74, 6) is 1.71. The molecule has 128 valence electrons. The largest absolute Gasteiger partial charge is 0.493 e. The molecule has 1 amide bonds. The van der Waals surface area contributed by atoms with Crippen LogP contribution in [0, 0.1) is 5.92 Å². The van der Waals surface area contributed by atoms with E-state index in [4.69, 9.17) is 4.74 Å². The van der Waals surface area contributed by atoms with E-state index in [1.165, 1.54) is 29.7 Å². The molecule has 0 atom stereocenters. The number of nitrogens with one attached hydrogen (secondary N) is 2. The first-order chi connectivity index (χ1) is 11.3. The van der Waals surface area contributed by atoms with Crippen LogP contribution in [-0.2, 0) is 11.2 Å². The maximum Gasteiger partial charge on any atom is 0.240 e. The van der Waals surface area contributed by atoms with Crippen LogP contribution in [0.3, 0.4) is 0 Å². The van der Waals surface area contributed by atoms with E-state index < -0.39 is 0 Å². The molecule has 2 heterocycles. The standard InChI is InChI=1S/C17H19N3O2S.ClH/c21-16(9-18-8-11-1-2-11)20-17-19-14(10-23-17)12-3-4-15-13(7-12)5-6-22-15;/h3-4,7,10-11,18H,1-2,5-6,8-9H2,(H,19,20,21);1H. The molecule has 4 rings (SSSR count). The van der Waals surface area contributed by atoms with Gasteiger partial charge in [0.05, 0.1) is 18.8 Å². The van der Waals surface area contributed by atoms with E-state index in [1.807, 2.05) is 17.5 Å².